The number of hydrogen-bond donors (Lipinski definition) is 0. The molecule has 65 heavy (non-hydrogen) atoms. The predicted molar refractivity (Wildman–Crippen MR) is 270 cm³/mol. The first-order valence-corrected chi connectivity index (χ1v) is 22.8. The fourth-order valence-electron chi connectivity index (χ4n) is 10.7. The highest BCUT2D eigenvalue weighted by molar-refractivity contribution is 5.81. The SMILES string of the molecule is Cc1cc(C)c(-c2nc(C3=CCCC(C(c4ccccc4)(c4ccccc4)c4ccccc4)=C3)cc(-c3cccc(C(c4ccccc4)(c4ccccc4)c4ccccc4)c3)n2)c(C)c1. The van der Waals surface area contributed by atoms with Gasteiger partial charge in [-0.25, -0.2) is 9.97 Å². The summed E-state index contributed by atoms with van der Waals surface area (Å²) in [5.74, 6) is 0.736. The van der Waals surface area contributed by atoms with Crippen LogP contribution >= 0.6 is 0 Å². The number of nitrogens with zero attached hydrogens (tertiary/aromatic N) is 2. The molecule has 10 rings (SSSR count). The molecular weight excluding hydrogens is 785 g/mol. The number of aromatic nitrogens is 2. The lowest BCUT2D eigenvalue weighted by molar-refractivity contribution is 0.677. The van der Waals surface area contributed by atoms with E-state index >= 15 is 0 Å². The molecule has 1 aromatic heterocycles. The molecule has 0 aliphatic heterocycles. The van der Waals surface area contributed by atoms with Crippen molar-refractivity contribution < 1.29 is 0 Å². The third-order valence-electron chi connectivity index (χ3n) is 13.3. The molecule has 0 saturated carbocycles. The van der Waals surface area contributed by atoms with E-state index < -0.39 is 10.8 Å². The monoisotopic (exact) mass is 836 g/mol. The zero-order chi connectivity index (χ0) is 44.2. The van der Waals surface area contributed by atoms with Crippen LogP contribution in [0, 0.1) is 20.8 Å². The summed E-state index contributed by atoms with van der Waals surface area (Å²) < 4.78 is 0. The highest BCUT2D eigenvalue weighted by atomic mass is 14.9. The summed E-state index contributed by atoms with van der Waals surface area (Å²) >= 11 is 0. The highest BCUT2D eigenvalue weighted by Gasteiger charge is 2.41. The van der Waals surface area contributed by atoms with Crippen LogP contribution in [0.25, 0.3) is 28.2 Å². The lowest BCUT2D eigenvalue weighted by atomic mass is 9.62. The van der Waals surface area contributed by atoms with Crippen molar-refractivity contribution in [3.8, 4) is 22.6 Å². The fraction of sp³-hybridized carbons (Fsp3) is 0.111. The molecule has 8 aromatic carbocycles. The highest BCUT2D eigenvalue weighted by Crippen LogP contribution is 2.50. The number of benzene rings is 8. The number of hydrogen-bond acceptors (Lipinski definition) is 2. The molecule has 2 heteroatoms. The summed E-state index contributed by atoms with van der Waals surface area (Å²) in [4.78, 5) is 11.0. The van der Waals surface area contributed by atoms with Gasteiger partial charge in [0.2, 0.25) is 0 Å². The van der Waals surface area contributed by atoms with Crippen molar-refractivity contribution in [2.24, 2.45) is 0 Å². The molecule has 0 amide bonds. The Morgan fingerprint density at radius 2 is 0.785 bits per heavy atom. The summed E-state index contributed by atoms with van der Waals surface area (Å²) in [5, 5.41) is 0. The summed E-state index contributed by atoms with van der Waals surface area (Å²) in [7, 11) is 0. The molecule has 0 spiro atoms. The molecule has 2 nitrogen and oxygen atoms in total. The Morgan fingerprint density at radius 1 is 0.385 bits per heavy atom. The van der Waals surface area contributed by atoms with Crippen LogP contribution in [0.3, 0.4) is 0 Å². The lowest BCUT2D eigenvalue weighted by Gasteiger charge is -2.40. The molecule has 0 N–H and O–H groups in total. The molecule has 0 fully saturated rings. The van der Waals surface area contributed by atoms with E-state index in [1.807, 2.05) is 0 Å². The van der Waals surface area contributed by atoms with Crippen molar-refractivity contribution in [3.05, 3.63) is 304 Å². The zero-order valence-corrected chi connectivity index (χ0v) is 37.3. The minimum atomic E-state index is -0.595. The van der Waals surface area contributed by atoms with Gasteiger partial charge >= 0.3 is 0 Å². The predicted octanol–water partition coefficient (Wildman–Crippen LogP) is 15.3. The van der Waals surface area contributed by atoms with Gasteiger partial charge in [0.15, 0.2) is 5.82 Å². The van der Waals surface area contributed by atoms with Crippen molar-refractivity contribution in [3.63, 3.8) is 0 Å². The smallest absolute Gasteiger partial charge is 0.160 e. The summed E-state index contributed by atoms with van der Waals surface area (Å²) in [5.41, 5.74) is 17.3. The Bertz CT molecular complexity index is 2920. The molecule has 0 radical (unpaired) electrons. The Balaban J connectivity index is 1.21. The fourth-order valence-corrected chi connectivity index (χ4v) is 10.7. The number of allylic oxidation sites excluding steroid dienone is 4. The minimum Gasteiger partial charge on any atom is -0.228 e. The lowest BCUT2D eigenvalue weighted by Crippen LogP contribution is -2.32. The topological polar surface area (TPSA) is 25.8 Å². The minimum absolute atomic E-state index is 0.518. The van der Waals surface area contributed by atoms with Gasteiger partial charge in [0.05, 0.1) is 22.2 Å². The van der Waals surface area contributed by atoms with Crippen molar-refractivity contribution in [1.82, 2.24) is 9.97 Å². The molecule has 0 unspecified atom stereocenters. The van der Waals surface area contributed by atoms with Crippen molar-refractivity contribution >= 4 is 5.57 Å². The van der Waals surface area contributed by atoms with Crippen LogP contribution < -0.4 is 0 Å². The Hall–Kier alpha value is -7.68. The van der Waals surface area contributed by atoms with Gasteiger partial charge in [-0.3, -0.25) is 0 Å². The van der Waals surface area contributed by atoms with E-state index in [1.54, 1.807) is 0 Å². The quantitative estimate of drug-likeness (QED) is 0.121. The van der Waals surface area contributed by atoms with E-state index in [0.717, 1.165) is 46.8 Å². The average Bonchev–Trinajstić information content (AvgIpc) is 3.36. The van der Waals surface area contributed by atoms with Crippen LogP contribution in [0.15, 0.2) is 242 Å². The van der Waals surface area contributed by atoms with Gasteiger partial charge in [0.1, 0.15) is 0 Å². The molecule has 0 saturated heterocycles. The van der Waals surface area contributed by atoms with Gasteiger partial charge in [0.25, 0.3) is 0 Å². The van der Waals surface area contributed by atoms with Gasteiger partial charge in [0, 0.05) is 11.1 Å². The van der Waals surface area contributed by atoms with E-state index in [1.165, 1.54) is 61.2 Å². The second kappa shape index (κ2) is 17.8. The second-order valence-corrected chi connectivity index (χ2v) is 17.4. The Labute approximate surface area is 384 Å². The van der Waals surface area contributed by atoms with E-state index in [-0.39, 0.29) is 0 Å². The van der Waals surface area contributed by atoms with Crippen LogP contribution in [-0.2, 0) is 10.8 Å². The Kier molecular flexibility index (Phi) is 11.3. The normalized spacial score (nSPS) is 12.9. The van der Waals surface area contributed by atoms with Crippen LogP contribution in [0.4, 0.5) is 0 Å². The van der Waals surface area contributed by atoms with Crippen LogP contribution in [0.5, 0.6) is 0 Å². The van der Waals surface area contributed by atoms with Crippen LogP contribution in [-0.4, -0.2) is 9.97 Å². The average molecular weight is 837 g/mol. The van der Waals surface area contributed by atoms with Crippen LogP contribution in [0.2, 0.25) is 0 Å². The van der Waals surface area contributed by atoms with Gasteiger partial charge in [-0.05, 0) is 107 Å². The Morgan fingerprint density at radius 3 is 1.23 bits per heavy atom. The largest absolute Gasteiger partial charge is 0.228 e. The molecule has 9 aromatic rings. The molecule has 1 aliphatic carbocycles. The third-order valence-corrected chi connectivity index (χ3v) is 13.3. The molecule has 314 valence electrons. The van der Waals surface area contributed by atoms with Crippen molar-refractivity contribution in [2.45, 2.75) is 44.4 Å². The molecular formula is C63H52N2. The van der Waals surface area contributed by atoms with Gasteiger partial charge < -0.3 is 0 Å². The van der Waals surface area contributed by atoms with E-state index in [2.05, 4.69) is 257 Å². The third kappa shape index (κ3) is 7.55. The standard InChI is InChI=1S/C63H52N2/c1-45-40-46(2)60(47(3)41-45)61-64-58(48-24-22-38-56(42-48)62(50-26-10-4-11-27-50,51-28-12-5-13-29-51)52-30-14-6-15-31-52)44-59(65-61)49-25-23-39-57(43-49)63(53-32-16-7-17-33-53,54-34-18-8-19-35-54)55-36-20-9-21-37-55/h4-22,24-38,40-44H,23,39H2,1-3H3. The number of aryl methyl sites for hydroxylation is 3. The van der Waals surface area contributed by atoms with E-state index in [0.29, 0.717) is 0 Å². The summed E-state index contributed by atoms with van der Waals surface area (Å²) in [6.45, 7) is 6.53. The molecule has 1 aliphatic rings. The summed E-state index contributed by atoms with van der Waals surface area (Å²) in [6, 6.07) is 81.6. The number of rotatable bonds is 11. The summed E-state index contributed by atoms with van der Waals surface area (Å²) in [6.07, 6.45) is 6.60. The van der Waals surface area contributed by atoms with Crippen molar-refractivity contribution in [2.75, 3.05) is 0 Å². The molecule has 0 atom stereocenters. The molecule has 1 heterocycles. The van der Waals surface area contributed by atoms with E-state index in [4.69, 9.17) is 9.97 Å². The second-order valence-electron chi connectivity index (χ2n) is 17.4. The van der Waals surface area contributed by atoms with Gasteiger partial charge in [-0.2, -0.15) is 0 Å². The first kappa shape index (κ1) is 41.3. The maximum Gasteiger partial charge on any atom is 0.160 e. The van der Waals surface area contributed by atoms with Gasteiger partial charge in [-0.1, -0.05) is 230 Å². The molecule has 0 bridgehead atoms. The maximum atomic E-state index is 5.53. The van der Waals surface area contributed by atoms with Gasteiger partial charge in [-0.15, -0.1) is 0 Å². The van der Waals surface area contributed by atoms with E-state index in [9.17, 15) is 0 Å². The van der Waals surface area contributed by atoms with Crippen LogP contribution in [0.1, 0.15) is 74.2 Å². The first-order valence-electron chi connectivity index (χ1n) is 22.8. The van der Waals surface area contributed by atoms with Crippen molar-refractivity contribution in [1.29, 1.82) is 0 Å². The first-order chi connectivity index (χ1) is 32.0. The zero-order valence-electron chi connectivity index (χ0n) is 37.3. The maximum absolute atomic E-state index is 5.53.